The van der Waals surface area contributed by atoms with Crippen LogP contribution in [0.5, 0.6) is 5.75 Å². The first-order chi connectivity index (χ1) is 14.8. The Morgan fingerprint density at radius 1 is 1.03 bits per heavy atom. The molecule has 0 aromatic heterocycles. The number of anilines is 1. The molecule has 10 heteroatoms. The van der Waals surface area contributed by atoms with Crippen LogP contribution in [-0.4, -0.2) is 26.4 Å². The minimum atomic E-state index is -4.16. The zero-order chi connectivity index (χ0) is 22.4. The molecule has 0 heterocycles. The number of rotatable bonds is 8. The number of carbonyl (C=O) groups is 1. The van der Waals surface area contributed by atoms with Gasteiger partial charge < -0.3 is 10.1 Å². The predicted molar refractivity (Wildman–Crippen MR) is 115 cm³/mol. The summed E-state index contributed by atoms with van der Waals surface area (Å²) in [4.78, 5) is 22.7. The highest BCUT2D eigenvalue weighted by Crippen LogP contribution is 2.23. The third-order valence-corrected chi connectivity index (χ3v) is 5.75. The molecule has 3 aromatic carbocycles. The van der Waals surface area contributed by atoms with Crippen LogP contribution in [0.2, 0.25) is 0 Å². The quantitative estimate of drug-likeness (QED) is 0.408. The van der Waals surface area contributed by atoms with Crippen LogP contribution in [0, 0.1) is 10.1 Å². The summed E-state index contributed by atoms with van der Waals surface area (Å²) in [6.45, 7) is 0.175. The molecule has 9 nitrogen and oxygen atoms in total. The van der Waals surface area contributed by atoms with Crippen molar-refractivity contribution in [2.24, 2.45) is 0 Å². The Bertz CT molecular complexity index is 1230. The number of sulfonamides is 1. The van der Waals surface area contributed by atoms with Gasteiger partial charge in [-0.2, -0.15) is 0 Å². The summed E-state index contributed by atoms with van der Waals surface area (Å²) in [7, 11) is -2.63. The smallest absolute Gasteiger partial charge is 0.270 e. The number of hydrogen-bond donors (Lipinski definition) is 2. The van der Waals surface area contributed by atoms with Gasteiger partial charge in [0, 0.05) is 24.2 Å². The maximum atomic E-state index is 12.7. The lowest BCUT2D eigenvalue weighted by Gasteiger charge is -2.13. The van der Waals surface area contributed by atoms with Gasteiger partial charge in [-0.15, -0.1) is 0 Å². The summed E-state index contributed by atoms with van der Waals surface area (Å²) in [5.74, 6) is 0.116. The van der Waals surface area contributed by atoms with Gasteiger partial charge in [0.15, 0.2) is 0 Å². The monoisotopic (exact) mass is 441 g/mol. The fourth-order valence-electron chi connectivity index (χ4n) is 2.86. The van der Waals surface area contributed by atoms with Gasteiger partial charge in [0.1, 0.15) is 5.75 Å². The van der Waals surface area contributed by atoms with E-state index in [9.17, 15) is 23.3 Å². The SMILES string of the molecule is COc1ccccc1CNC(=O)c1ccccc1NS(=O)(=O)c1cccc([N+](=O)[O-])c1. The maximum Gasteiger partial charge on any atom is 0.270 e. The standard InChI is InChI=1S/C21H19N3O6S/c1-30-20-12-5-2-7-15(20)14-22-21(25)18-10-3-4-11-19(18)23-31(28,29)17-9-6-8-16(13-17)24(26)27/h2-13,23H,14H2,1H3,(H,22,25). The number of amides is 1. The fourth-order valence-corrected chi connectivity index (χ4v) is 3.98. The summed E-state index contributed by atoms with van der Waals surface area (Å²) in [6.07, 6.45) is 0. The van der Waals surface area contributed by atoms with Crippen LogP contribution in [0.1, 0.15) is 15.9 Å². The van der Waals surface area contributed by atoms with Crippen LogP contribution in [0.25, 0.3) is 0 Å². The first kappa shape index (κ1) is 21.8. The van der Waals surface area contributed by atoms with E-state index < -0.39 is 20.9 Å². The Kier molecular flexibility index (Phi) is 6.51. The van der Waals surface area contributed by atoms with Gasteiger partial charge in [-0.25, -0.2) is 8.42 Å². The molecule has 0 unspecified atom stereocenters. The molecule has 2 N–H and O–H groups in total. The second-order valence-electron chi connectivity index (χ2n) is 6.40. The van der Waals surface area contributed by atoms with E-state index >= 15 is 0 Å². The molecule has 0 spiro atoms. The van der Waals surface area contributed by atoms with Crippen molar-refractivity contribution in [1.82, 2.24) is 5.32 Å². The topological polar surface area (TPSA) is 128 Å². The predicted octanol–water partition coefficient (Wildman–Crippen LogP) is 3.33. The van der Waals surface area contributed by atoms with Gasteiger partial charge in [-0.3, -0.25) is 19.6 Å². The van der Waals surface area contributed by atoms with Crippen molar-refractivity contribution in [3.63, 3.8) is 0 Å². The number of methoxy groups -OCH3 is 1. The Balaban J connectivity index is 1.82. The first-order valence-electron chi connectivity index (χ1n) is 9.08. The number of non-ortho nitro benzene ring substituents is 1. The number of carbonyl (C=O) groups excluding carboxylic acids is 1. The molecule has 0 aliphatic rings. The summed E-state index contributed by atoms with van der Waals surface area (Å²) >= 11 is 0. The van der Waals surface area contributed by atoms with Gasteiger partial charge in [0.25, 0.3) is 21.6 Å². The van der Waals surface area contributed by atoms with Crippen molar-refractivity contribution >= 4 is 27.3 Å². The molecule has 0 bridgehead atoms. The number of para-hydroxylation sites is 2. The van der Waals surface area contributed by atoms with Crippen molar-refractivity contribution in [3.05, 3.63) is 94.0 Å². The van der Waals surface area contributed by atoms with E-state index in [0.717, 1.165) is 11.6 Å². The number of nitro groups is 1. The highest BCUT2D eigenvalue weighted by atomic mass is 32.2. The third-order valence-electron chi connectivity index (χ3n) is 4.39. The molecule has 0 aliphatic carbocycles. The number of nitrogens with zero attached hydrogens (tertiary/aromatic N) is 1. The van der Waals surface area contributed by atoms with E-state index in [1.165, 1.54) is 37.4 Å². The van der Waals surface area contributed by atoms with Crippen LogP contribution in [0.4, 0.5) is 11.4 Å². The summed E-state index contributed by atoms with van der Waals surface area (Å²) in [5, 5.41) is 13.7. The molecule has 3 aromatic rings. The van der Waals surface area contributed by atoms with Crippen molar-refractivity contribution in [2.75, 3.05) is 11.8 Å². The van der Waals surface area contributed by atoms with Gasteiger partial charge >= 0.3 is 0 Å². The van der Waals surface area contributed by atoms with E-state index in [0.29, 0.717) is 5.75 Å². The zero-order valence-electron chi connectivity index (χ0n) is 16.4. The summed E-state index contributed by atoms with van der Waals surface area (Å²) in [6, 6.07) is 17.9. The van der Waals surface area contributed by atoms with Crippen LogP contribution in [0.15, 0.2) is 77.7 Å². The molecule has 3 rings (SSSR count). The molecule has 0 aliphatic heterocycles. The highest BCUT2D eigenvalue weighted by molar-refractivity contribution is 7.92. The minimum absolute atomic E-state index is 0.0477. The number of hydrogen-bond acceptors (Lipinski definition) is 6. The molecular weight excluding hydrogens is 422 g/mol. The average Bonchev–Trinajstić information content (AvgIpc) is 2.77. The van der Waals surface area contributed by atoms with Gasteiger partial charge in [0.2, 0.25) is 0 Å². The van der Waals surface area contributed by atoms with Crippen molar-refractivity contribution in [1.29, 1.82) is 0 Å². The Morgan fingerprint density at radius 3 is 2.48 bits per heavy atom. The summed E-state index contributed by atoms with van der Waals surface area (Å²) in [5.41, 5.74) is 0.552. The van der Waals surface area contributed by atoms with Crippen molar-refractivity contribution in [2.45, 2.75) is 11.4 Å². The molecule has 0 radical (unpaired) electrons. The maximum absolute atomic E-state index is 12.7. The van der Waals surface area contributed by atoms with Gasteiger partial charge in [0.05, 0.1) is 28.2 Å². The van der Waals surface area contributed by atoms with Gasteiger partial charge in [-0.1, -0.05) is 36.4 Å². The van der Waals surface area contributed by atoms with Crippen LogP contribution < -0.4 is 14.8 Å². The van der Waals surface area contributed by atoms with Crippen LogP contribution in [0.3, 0.4) is 0 Å². The fraction of sp³-hybridized carbons (Fsp3) is 0.0952. The van der Waals surface area contributed by atoms with Gasteiger partial charge in [-0.05, 0) is 24.3 Å². The Hall–Kier alpha value is -3.92. The normalized spacial score (nSPS) is 10.9. The lowest BCUT2D eigenvalue weighted by atomic mass is 10.1. The van der Waals surface area contributed by atoms with Crippen LogP contribution >= 0.6 is 0 Å². The second-order valence-corrected chi connectivity index (χ2v) is 8.08. The minimum Gasteiger partial charge on any atom is -0.496 e. The molecule has 0 saturated heterocycles. The van der Waals surface area contributed by atoms with Crippen LogP contribution in [-0.2, 0) is 16.6 Å². The Labute approximate surface area is 178 Å². The molecule has 0 fully saturated rings. The van der Waals surface area contributed by atoms with E-state index in [-0.39, 0.29) is 28.4 Å². The second kappa shape index (κ2) is 9.26. The van der Waals surface area contributed by atoms with Crippen molar-refractivity contribution in [3.8, 4) is 5.75 Å². The molecule has 1 amide bonds. The van der Waals surface area contributed by atoms with E-state index in [1.807, 2.05) is 12.1 Å². The lowest BCUT2D eigenvalue weighted by molar-refractivity contribution is -0.385. The van der Waals surface area contributed by atoms with E-state index in [1.54, 1.807) is 24.3 Å². The molecule has 31 heavy (non-hydrogen) atoms. The molecular formula is C21H19N3O6S. The lowest BCUT2D eigenvalue weighted by Crippen LogP contribution is -2.25. The third kappa shape index (κ3) is 5.17. The molecule has 0 atom stereocenters. The number of benzene rings is 3. The summed E-state index contributed by atoms with van der Waals surface area (Å²) < 4.78 is 33.1. The first-order valence-corrected chi connectivity index (χ1v) is 10.6. The zero-order valence-corrected chi connectivity index (χ0v) is 17.3. The number of ether oxygens (including phenoxy) is 1. The highest BCUT2D eigenvalue weighted by Gasteiger charge is 2.21. The van der Waals surface area contributed by atoms with E-state index in [4.69, 9.17) is 4.74 Å². The molecule has 160 valence electrons. The number of nitrogens with one attached hydrogen (secondary N) is 2. The Morgan fingerprint density at radius 2 is 1.74 bits per heavy atom. The van der Waals surface area contributed by atoms with E-state index in [2.05, 4.69) is 10.0 Å². The molecule has 0 saturated carbocycles. The number of nitro benzene ring substituents is 1. The largest absolute Gasteiger partial charge is 0.496 e. The van der Waals surface area contributed by atoms with Crippen molar-refractivity contribution < 1.29 is 22.9 Å². The average molecular weight is 441 g/mol.